The maximum atomic E-state index is 14.0. The molecule has 3 rings (SSSR count). The second-order valence-electron chi connectivity index (χ2n) is 15.9. The summed E-state index contributed by atoms with van der Waals surface area (Å²) in [6.45, 7) is 18.5. The molecule has 4 unspecified atom stereocenters. The van der Waals surface area contributed by atoms with Crippen LogP contribution in [0.1, 0.15) is 81.1 Å². The predicted octanol–water partition coefficient (Wildman–Crippen LogP) is 3.55. The van der Waals surface area contributed by atoms with Gasteiger partial charge in [-0.2, -0.15) is 0 Å². The molecule has 46 heavy (non-hydrogen) atoms. The Balaban J connectivity index is 1.92. The molecule has 3 heterocycles. The molecule has 13 heteroatoms. The summed E-state index contributed by atoms with van der Waals surface area (Å²) in [5.74, 6) is -3.39. The molecule has 7 atom stereocenters. The van der Waals surface area contributed by atoms with Crippen molar-refractivity contribution < 1.29 is 33.3 Å². The lowest BCUT2D eigenvalue weighted by Crippen LogP contribution is -2.65. The van der Waals surface area contributed by atoms with Crippen molar-refractivity contribution in [3.63, 3.8) is 0 Å². The number of carbonyl (C=O) groups excluding carboxylic acids is 1. The Labute approximate surface area is 275 Å². The molecule has 4 N–H and O–H groups in total. The summed E-state index contributed by atoms with van der Waals surface area (Å²) in [5, 5.41) is 30.9. The Morgan fingerprint density at radius 2 is 1.80 bits per heavy atom. The van der Waals surface area contributed by atoms with Gasteiger partial charge in [0.25, 0.3) is 5.92 Å². The van der Waals surface area contributed by atoms with Crippen LogP contribution < -0.4 is 10.6 Å². The van der Waals surface area contributed by atoms with E-state index in [1.807, 2.05) is 11.1 Å². The first-order valence-electron chi connectivity index (χ1n) is 17.0. The fourth-order valence-corrected chi connectivity index (χ4v) is 6.56. The Morgan fingerprint density at radius 1 is 1.15 bits per heavy atom. The minimum Gasteiger partial charge on any atom is -0.444 e. The summed E-state index contributed by atoms with van der Waals surface area (Å²) in [5.41, 5.74) is -0.862. The van der Waals surface area contributed by atoms with Gasteiger partial charge in [-0.3, -0.25) is 20.1 Å². The lowest BCUT2D eigenvalue weighted by atomic mass is 9.87. The van der Waals surface area contributed by atoms with Crippen LogP contribution >= 0.6 is 0 Å². The number of piperidine rings is 2. The number of hydrogen-bond donors (Lipinski definition) is 4. The van der Waals surface area contributed by atoms with E-state index in [0.29, 0.717) is 32.7 Å². The summed E-state index contributed by atoms with van der Waals surface area (Å²) < 4.78 is 38.9. The third kappa shape index (κ3) is 11.3. The molecule has 0 aliphatic carbocycles. The number of likely N-dealkylation sites (tertiary alicyclic amines) is 2. The molecule has 0 spiro atoms. The van der Waals surface area contributed by atoms with Crippen molar-refractivity contribution in [2.24, 2.45) is 28.2 Å². The summed E-state index contributed by atoms with van der Waals surface area (Å²) in [7, 11) is 1.67. The smallest absolute Gasteiger partial charge is 0.410 e. The quantitative estimate of drug-likeness (QED) is 0.184. The molecule has 0 aromatic carbocycles. The van der Waals surface area contributed by atoms with E-state index in [9.17, 15) is 23.8 Å². The third-order valence-corrected chi connectivity index (χ3v) is 9.01. The second kappa shape index (κ2) is 16.3. The first-order valence-corrected chi connectivity index (χ1v) is 17.0. The average molecular weight is 661 g/mol. The van der Waals surface area contributed by atoms with E-state index in [0.717, 1.165) is 6.42 Å². The molecule has 268 valence electrons. The lowest BCUT2D eigenvalue weighted by Gasteiger charge is -2.49. The van der Waals surface area contributed by atoms with Gasteiger partial charge in [0.15, 0.2) is 0 Å². The summed E-state index contributed by atoms with van der Waals surface area (Å²) >= 11 is 0. The number of halogens is 2. The van der Waals surface area contributed by atoms with Crippen LogP contribution in [0, 0.1) is 23.2 Å². The topological polar surface area (TPSA) is 122 Å². The standard InChI is InChI=1S/C33H62F2N6O5/c1-22(2)19-41(28(43)25-18-37-29(31(3,4)5)38-26(25)36-13-10-16-45-9)24-17-23(20-40(21-24)30(44)46-32(6,7)8)27(42)39-14-11-33(34,35)12-15-39/h18,22-29,36,38,42-43H,10-17,19-21H2,1-9H3/t23-,24+,25?,26?,27?,28?,29-/m1/s1. The van der Waals surface area contributed by atoms with Gasteiger partial charge in [0.2, 0.25) is 0 Å². The van der Waals surface area contributed by atoms with E-state index in [2.05, 4.69) is 45.3 Å². The van der Waals surface area contributed by atoms with Gasteiger partial charge in [-0.1, -0.05) is 34.6 Å². The third-order valence-electron chi connectivity index (χ3n) is 9.01. The molecular weight excluding hydrogens is 598 g/mol. The second-order valence-corrected chi connectivity index (χ2v) is 15.9. The number of aliphatic hydroxyl groups excluding tert-OH is 2. The molecule has 2 saturated heterocycles. The number of nitrogens with zero attached hydrogens (tertiary/aromatic N) is 4. The fourth-order valence-electron chi connectivity index (χ4n) is 6.56. The SMILES string of the molecule is COCCCNC1N[C@H](C(C)(C)C)N=CC1C(O)N(CC(C)C)[C@H]1C[C@@H](C(O)N2CCC(F)(F)CC2)CN(C(=O)OC(C)(C)C)C1. The number of nitrogens with one attached hydrogen (secondary N) is 2. The number of amides is 1. The van der Waals surface area contributed by atoms with Gasteiger partial charge in [0.05, 0.1) is 12.1 Å². The molecule has 0 bridgehead atoms. The predicted molar refractivity (Wildman–Crippen MR) is 176 cm³/mol. The van der Waals surface area contributed by atoms with Gasteiger partial charge in [0, 0.05) is 77.5 Å². The zero-order valence-electron chi connectivity index (χ0n) is 29.6. The van der Waals surface area contributed by atoms with Crippen molar-refractivity contribution in [2.45, 2.75) is 123 Å². The number of aliphatic hydroxyl groups is 2. The van der Waals surface area contributed by atoms with Crippen LogP contribution in [-0.4, -0.2) is 133 Å². The molecular formula is C33H62F2N6O5. The van der Waals surface area contributed by atoms with E-state index in [-0.39, 0.29) is 62.2 Å². The molecule has 0 radical (unpaired) electrons. The van der Waals surface area contributed by atoms with Gasteiger partial charge in [-0.25, -0.2) is 13.6 Å². The van der Waals surface area contributed by atoms with Crippen LogP contribution in [0.2, 0.25) is 0 Å². The zero-order chi connectivity index (χ0) is 34.4. The van der Waals surface area contributed by atoms with Crippen molar-refractivity contribution >= 4 is 12.3 Å². The van der Waals surface area contributed by atoms with Gasteiger partial charge < -0.3 is 29.9 Å². The van der Waals surface area contributed by atoms with E-state index in [1.54, 1.807) is 37.7 Å². The number of alkyl halides is 2. The molecule has 1 amide bonds. The average Bonchev–Trinajstić information content (AvgIpc) is 2.95. The number of ether oxygens (including phenoxy) is 2. The molecule has 3 aliphatic heterocycles. The lowest BCUT2D eigenvalue weighted by molar-refractivity contribution is -0.133. The van der Waals surface area contributed by atoms with Crippen LogP contribution in [0.25, 0.3) is 0 Å². The van der Waals surface area contributed by atoms with E-state index in [1.165, 1.54) is 0 Å². The highest BCUT2D eigenvalue weighted by Crippen LogP contribution is 2.34. The Hall–Kier alpha value is -1.48. The van der Waals surface area contributed by atoms with Crippen molar-refractivity contribution in [1.82, 2.24) is 25.3 Å². The number of hydrogen-bond acceptors (Lipinski definition) is 10. The summed E-state index contributed by atoms with van der Waals surface area (Å²) in [6.07, 6.45) is -0.374. The Bertz CT molecular complexity index is 981. The molecule has 3 aliphatic rings. The Morgan fingerprint density at radius 3 is 2.37 bits per heavy atom. The molecule has 0 aromatic rings. The zero-order valence-corrected chi connectivity index (χ0v) is 29.6. The minimum absolute atomic E-state index is 0.0790. The maximum Gasteiger partial charge on any atom is 0.410 e. The minimum atomic E-state index is -2.73. The van der Waals surface area contributed by atoms with Crippen molar-refractivity contribution in [2.75, 3.05) is 53.0 Å². The van der Waals surface area contributed by atoms with Gasteiger partial charge in [0.1, 0.15) is 24.2 Å². The van der Waals surface area contributed by atoms with Crippen LogP contribution in [0.5, 0.6) is 0 Å². The van der Waals surface area contributed by atoms with E-state index < -0.39 is 41.9 Å². The monoisotopic (exact) mass is 660 g/mol. The van der Waals surface area contributed by atoms with Gasteiger partial charge in [-0.05, 0) is 51.5 Å². The highest BCUT2D eigenvalue weighted by atomic mass is 19.3. The van der Waals surface area contributed by atoms with Crippen LogP contribution in [-0.2, 0) is 9.47 Å². The van der Waals surface area contributed by atoms with Crippen LogP contribution in [0.15, 0.2) is 4.99 Å². The number of rotatable bonds is 12. The van der Waals surface area contributed by atoms with E-state index in [4.69, 9.17) is 14.5 Å². The van der Waals surface area contributed by atoms with Crippen LogP contribution in [0.4, 0.5) is 13.6 Å². The first-order chi connectivity index (χ1) is 21.3. The van der Waals surface area contributed by atoms with Crippen LogP contribution in [0.3, 0.4) is 0 Å². The molecule has 2 fully saturated rings. The molecule has 11 nitrogen and oxygen atoms in total. The fraction of sp³-hybridized carbons (Fsp3) is 0.939. The highest BCUT2D eigenvalue weighted by Gasteiger charge is 2.45. The van der Waals surface area contributed by atoms with E-state index >= 15 is 0 Å². The number of methoxy groups -OCH3 is 1. The number of aliphatic imine (C=N–C) groups is 1. The first kappa shape index (κ1) is 39.0. The van der Waals surface area contributed by atoms with Crippen molar-refractivity contribution in [1.29, 1.82) is 0 Å². The summed E-state index contributed by atoms with van der Waals surface area (Å²) in [6, 6.07) is -0.326. The number of carbonyl (C=O) groups is 1. The molecule has 0 saturated carbocycles. The largest absolute Gasteiger partial charge is 0.444 e. The Kier molecular flexibility index (Phi) is 13.8. The van der Waals surface area contributed by atoms with Crippen molar-refractivity contribution in [3.8, 4) is 0 Å². The maximum absolute atomic E-state index is 14.0. The normalized spacial score (nSPS) is 29.3. The van der Waals surface area contributed by atoms with Gasteiger partial charge >= 0.3 is 6.09 Å². The molecule has 0 aromatic heterocycles. The van der Waals surface area contributed by atoms with Gasteiger partial charge in [-0.15, -0.1) is 0 Å². The van der Waals surface area contributed by atoms with Crippen molar-refractivity contribution in [3.05, 3.63) is 0 Å². The highest BCUT2D eigenvalue weighted by molar-refractivity contribution is 5.68. The summed E-state index contributed by atoms with van der Waals surface area (Å²) in [4.78, 5) is 23.6.